The van der Waals surface area contributed by atoms with Gasteiger partial charge < -0.3 is 10.2 Å². The molecule has 1 heterocycles. The van der Waals surface area contributed by atoms with E-state index in [0.29, 0.717) is 6.42 Å². The topological polar surface area (TPSA) is 32.3 Å². The summed E-state index contributed by atoms with van der Waals surface area (Å²) in [4.78, 5) is 14.5. The molecule has 0 unspecified atom stereocenters. The molecule has 0 saturated carbocycles. The van der Waals surface area contributed by atoms with Crippen LogP contribution in [0.25, 0.3) is 0 Å². The summed E-state index contributed by atoms with van der Waals surface area (Å²) in [7, 11) is 0. The average Bonchev–Trinajstić information content (AvgIpc) is 2.72. The van der Waals surface area contributed by atoms with Crippen molar-refractivity contribution in [1.82, 2.24) is 10.2 Å². The first-order valence-electron chi connectivity index (χ1n) is 10.8. The van der Waals surface area contributed by atoms with Gasteiger partial charge in [-0.2, -0.15) is 0 Å². The van der Waals surface area contributed by atoms with Crippen LogP contribution in [0.1, 0.15) is 54.4 Å². The van der Waals surface area contributed by atoms with Gasteiger partial charge in [-0.15, -0.1) is 0 Å². The summed E-state index contributed by atoms with van der Waals surface area (Å²) < 4.78 is 0. The van der Waals surface area contributed by atoms with E-state index in [0.717, 1.165) is 32.4 Å². The van der Waals surface area contributed by atoms with Crippen molar-refractivity contribution < 1.29 is 4.79 Å². The molecule has 3 nitrogen and oxygen atoms in total. The largest absolute Gasteiger partial charge is 0.355 e. The van der Waals surface area contributed by atoms with Gasteiger partial charge in [-0.25, -0.2) is 0 Å². The molecule has 3 rings (SSSR count). The maximum Gasteiger partial charge on any atom is 0.220 e. The van der Waals surface area contributed by atoms with Crippen LogP contribution in [0.2, 0.25) is 0 Å². The number of carbonyl (C=O) groups excluding carboxylic acids is 1. The first kappa shape index (κ1) is 20.6. The Bertz CT molecular complexity index is 732. The summed E-state index contributed by atoms with van der Waals surface area (Å²) >= 11 is 0. The second-order valence-electron chi connectivity index (χ2n) is 8.03. The second kappa shape index (κ2) is 11.0. The van der Waals surface area contributed by atoms with Gasteiger partial charge >= 0.3 is 0 Å². The first-order valence-corrected chi connectivity index (χ1v) is 10.8. The van der Waals surface area contributed by atoms with Crippen molar-refractivity contribution in [3.8, 4) is 0 Å². The van der Waals surface area contributed by atoms with Gasteiger partial charge in [0.05, 0.1) is 0 Å². The van der Waals surface area contributed by atoms with Crippen LogP contribution >= 0.6 is 0 Å². The van der Waals surface area contributed by atoms with Gasteiger partial charge in [-0.3, -0.25) is 4.79 Å². The smallest absolute Gasteiger partial charge is 0.220 e. The van der Waals surface area contributed by atoms with Crippen LogP contribution in [0.15, 0.2) is 48.5 Å². The number of aryl methyl sites for hydroxylation is 2. The van der Waals surface area contributed by atoms with E-state index in [1.807, 2.05) is 0 Å². The first-order chi connectivity index (χ1) is 13.7. The molecule has 1 saturated heterocycles. The van der Waals surface area contributed by atoms with Gasteiger partial charge in [0.2, 0.25) is 5.91 Å². The summed E-state index contributed by atoms with van der Waals surface area (Å²) in [5.74, 6) is 0.188. The molecular weight excluding hydrogens is 344 g/mol. The number of hydrogen-bond acceptors (Lipinski definition) is 2. The Labute approximate surface area is 170 Å². The number of nitrogens with zero attached hydrogens (tertiary/aromatic N) is 1. The molecule has 2 aromatic carbocycles. The minimum atomic E-state index is 0.188. The van der Waals surface area contributed by atoms with Crippen molar-refractivity contribution in [3.63, 3.8) is 0 Å². The predicted octanol–water partition coefficient (Wildman–Crippen LogP) is 4.51. The van der Waals surface area contributed by atoms with Crippen molar-refractivity contribution in [2.75, 3.05) is 26.2 Å². The Morgan fingerprint density at radius 1 is 0.964 bits per heavy atom. The van der Waals surface area contributed by atoms with Crippen LogP contribution in [-0.2, 0) is 17.6 Å². The van der Waals surface area contributed by atoms with Gasteiger partial charge in [0.1, 0.15) is 0 Å². The number of nitrogens with one attached hydrogen (secondary N) is 1. The lowest BCUT2D eigenvalue weighted by Crippen LogP contribution is -2.37. The Hall–Kier alpha value is -2.13. The fourth-order valence-electron chi connectivity index (χ4n) is 3.93. The van der Waals surface area contributed by atoms with E-state index in [4.69, 9.17) is 0 Å². The van der Waals surface area contributed by atoms with Crippen molar-refractivity contribution in [3.05, 3.63) is 70.8 Å². The van der Waals surface area contributed by atoms with Gasteiger partial charge in [0.25, 0.3) is 0 Å². The second-order valence-corrected chi connectivity index (χ2v) is 8.03. The highest BCUT2D eigenvalue weighted by atomic mass is 16.1. The molecule has 1 amide bonds. The van der Waals surface area contributed by atoms with Gasteiger partial charge in [-0.05, 0) is 74.4 Å². The van der Waals surface area contributed by atoms with Crippen molar-refractivity contribution >= 4 is 5.91 Å². The fraction of sp³-hybridized carbons (Fsp3) is 0.480. The summed E-state index contributed by atoms with van der Waals surface area (Å²) in [6.07, 6.45) is 7.43. The van der Waals surface area contributed by atoms with E-state index < -0.39 is 0 Å². The van der Waals surface area contributed by atoms with Crippen LogP contribution < -0.4 is 5.32 Å². The molecule has 2 aromatic rings. The predicted molar refractivity (Wildman–Crippen MR) is 117 cm³/mol. The number of benzene rings is 2. The number of piperidine rings is 1. The van der Waals surface area contributed by atoms with Crippen molar-refractivity contribution in [1.29, 1.82) is 0 Å². The van der Waals surface area contributed by atoms with Gasteiger partial charge in [0, 0.05) is 19.5 Å². The third-order valence-electron chi connectivity index (χ3n) is 5.75. The fourth-order valence-corrected chi connectivity index (χ4v) is 3.93. The Morgan fingerprint density at radius 3 is 2.43 bits per heavy atom. The molecule has 0 aliphatic carbocycles. The van der Waals surface area contributed by atoms with Crippen LogP contribution in [-0.4, -0.2) is 37.0 Å². The lowest BCUT2D eigenvalue weighted by atomic mass is 9.99. The molecule has 28 heavy (non-hydrogen) atoms. The van der Waals surface area contributed by atoms with E-state index >= 15 is 0 Å². The molecule has 1 aliphatic rings. The quantitative estimate of drug-likeness (QED) is 0.696. The van der Waals surface area contributed by atoms with E-state index in [2.05, 4.69) is 65.7 Å². The lowest BCUT2D eigenvalue weighted by Gasteiger charge is -2.26. The highest BCUT2D eigenvalue weighted by Gasteiger charge is 2.10. The third-order valence-corrected chi connectivity index (χ3v) is 5.75. The summed E-state index contributed by atoms with van der Waals surface area (Å²) in [5, 5.41) is 3.08. The molecule has 1 aliphatic heterocycles. The van der Waals surface area contributed by atoms with E-state index in [1.54, 1.807) is 0 Å². The molecule has 0 spiro atoms. The molecule has 0 aromatic heterocycles. The van der Waals surface area contributed by atoms with Crippen molar-refractivity contribution in [2.45, 2.75) is 51.9 Å². The molecule has 3 heteroatoms. The third kappa shape index (κ3) is 6.79. The Kier molecular flexibility index (Phi) is 8.10. The molecule has 0 atom stereocenters. The zero-order valence-electron chi connectivity index (χ0n) is 17.3. The molecule has 0 bridgehead atoms. The number of hydrogen-bond donors (Lipinski definition) is 1. The summed E-state index contributed by atoms with van der Waals surface area (Å²) in [5.41, 5.74) is 5.39. The summed E-state index contributed by atoms with van der Waals surface area (Å²) in [6, 6.07) is 17.4. The minimum Gasteiger partial charge on any atom is -0.355 e. The Morgan fingerprint density at radius 2 is 1.68 bits per heavy atom. The highest BCUT2D eigenvalue weighted by molar-refractivity contribution is 5.75. The lowest BCUT2D eigenvalue weighted by molar-refractivity contribution is -0.121. The molecule has 1 N–H and O–H groups in total. The van der Waals surface area contributed by atoms with Gasteiger partial charge in [0.15, 0.2) is 0 Å². The van der Waals surface area contributed by atoms with Crippen LogP contribution in [0.5, 0.6) is 0 Å². The number of rotatable bonds is 9. The zero-order chi connectivity index (χ0) is 19.6. The van der Waals surface area contributed by atoms with Gasteiger partial charge in [-0.1, -0.05) is 55.0 Å². The number of carbonyl (C=O) groups is 1. The van der Waals surface area contributed by atoms with E-state index in [-0.39, 0.29) is 5.91 Å². The summed E-state index contributed by atoms with van der Waals surface area (Å²) in [6.45, 7) is 6.33. The number of likely N-dealkylation sites (tertiary alicyclic amines) is 1. The van der Waals surface area contributed by atoms with Crippen LogP contribution in [0.4, 0.5) is 0 Å². The van der Waals surface area contributed by atoms with E-state index in [1.165, 1.54) is 54.6 Å². The molecule has 1 fully saturated rings. The standard InChI is InChI=1S/C25H34N2O/c1-21-8-3-4-10-24(21)20-23-14-12-22(13-15-23)9-7-11-25(28)26-16-19-27-17-5-2-6-18-27/h3-4,8,10,12-15H,2,5-7,9,11,16-20H2,1H3,(H,26,28). The Balaban J connectivity index is 1.33. The molecular formula is C25H34N2O. The van der Waals surface area contributed by atoms with E-state index in [9.17, 15) is 4.79 Å². The number of amides is 1. The maximum absolute atomic E-state index is 12.0. The SMILES string of the molecule is Cc1ccccc1Cc1ccc(CCCC(=O)NCCN2CCCCC2)cc1. The van der Waals surface area contributed by atoms with Crippen LogP contribution in [0.3, 0.4) is 0 Å². The normalized spacial score (nSPS) is 14.8. The zero-order valence-corrected chi connectivity index (χ0v) is 17.3. The monoisotopic (exact) mass is 378 g/mol. The average molecular weight is 379 g/mol. The van der Waals surface area contributed by atoms with Crippen LogP contribution in [0, 0.1) is 6.92 Å². The minimum absolute atomic E-state index is 0.188. The highest BCUT2D eigenvalue weighted by Crippen LogP contribution is 2.15. The molecule has 150 valence electrons. The maximum atomic E-state index is 12.0. The molecule has 0 radical (unpaired) electrons. The van der Waals surface area contributed by atoms with Crippen molar-refractivity contribution in [2.24, 2.45) is 0 Å².